The van der Waals surface area contributed by atoms with E-state index >= 15 is 0 Å². The molecule has 0 fully saturated rings. The Morgan fingerprint density at radius 1 is 1.39 bits per heavy atom. The smallest absolute Gasteiger partial charge is 0.289 e. The molecule has 23 heavy (non-hydrogen) atoms. The Labute approximate surface area is 135 Å². The minimum absolute atomic E-state index is 0.204. The number of nitrogens with zero attached hydrogens (tertiary/aromatic N) is 2. The van der Waals surface area contributed by atoms with Crippen molar-refractivity contribution in [2.24, 2.45) is 10.7 Å². The number of hydrogen-bond acceptors (Lipinski definition) is 5. The summed E-state index contributed by atoms with van der Waals surface area (Å²) >= 11 is 0. The van der Waals surface area contributed by atoms with Crippen LogP contribution >= 0.6 is 0 Å². The molecular weight excluding hydrogens is 292 g/mol. The van der Waals surface area contributed by atoms with Crippen molar-refractivity contribution in [3.8, 4) is 11.3 Å². The Kier molecular flexibility index (Phi) is 6.11. The molecule has 1 amide bonds. The third kappa shape index (κ3) is 4.81. The zero-order valence-electron chi connectivity index (χ0n) is 13.0. The van der Waals surface area contributed by atoms with Gasteiger partial charge in [-0.1, -0.05) is 35.5 Å². The summed E-state index contributed by atoms with van der Waals surface area (Å²) in [5.74, 6) is -0.0703. The van der Waals surface area contributed by atoms with Crippen molar-refractivity contribution in [2.45, 2.75) is 12.8 Å². The van der Waals surface area contributed by atoms with Crippen molar-refractivity contribution in [2.75, 3.05) is 13.6 Å². The highest BCUT2D eigenvalue weighted by Crippen LogP contribution is 2.18. The van der Waals surface area contributed by atoms with Gasteiger partial charge in [0.2, 0.25) is 5.76 Å². The van der Waals surface area contributed by atoms with E-state index < -0.39 is 0 Å². The number of aromatic nitrogens is 1. The number of carbonyl (C=O) groups excluding carboxylic acids is 1. The van der Waals surface area contributed by atoms with E-state index in [9.17, 15) is 4.79 Å². The lowest BCUT2D eigenvalue weighted by molar-refractivity contribution is 0.0916. The molecule has 0 bridgehead atoms. The molecule has 3 N–H and O–H groups in total. The lowest BCUT2D eigenvalue weighted by atomic mass is 10.1. The van der Waals surface area contributed by atoms with Gasteiger partial charge in [-0.05, 0) is 25.1 Å². The monoisotopic (exact) mass is 312 g/mol. The van der Waals surface area contributed by atoms with Crippen molar-refractivity contribution in [3.63, 3.8) is 0 Å². The van der Waals surface area contributed by atoms with E-state index in [1.54, 1.807) is 19.2 Å². The van der Waals surface area contributed by atoms with Crippen LogP contribution in [0.15, 0.2) is 58.2 Å². The summed E-state index contributed by atoms with van der Waals surface area (Å²) in [6, 6.07) is 11.2. The third-order valence-electron chi connectivity index (χ3n) is 3.27. The molecule has 1 aromatic carbocycles. The lowest BCUT2D eigenvalue weighted by Gasteiger charge is -2.02. The first-order valence-corrected chi connectivity index (χ1v) is 7.39. The van der Waals surface area contributed by atoms with Gasteiger partial charge in [0.15, 0.2) is 0 Å². The Balaban J connectivity index is 1.84. The highest BCUT2D eigenvalue weighted by atomic mass is 16.5. The number of carbonyl (C=O) groups is 1. The van der Waals surface area contributed by atoms with Crippen molar-refractivity contribution in [3.05, 3.63) is 54.4 Å². The van der Waals surface area contributed by atoms with Gasteiger partial charge in [-0.2, -0.15) is 0 Å². The summed E-state index contributed by atoms with van der Waals surface area (Å²) in [4.78, 5) is 16.1. The zero-order chi connectivity index (χ0) is 16.5. The molecule has 1 aromatic heterocycles. The van der Waals surface area contributed by atoms with Crippen LogP contribution in [0.5, 0.6) is 0 Å². The first-order valence-electron chi connectivity index (χ1n) is 7.39. The van der Waals surface area contributed by atoms with E-state index in [1.807, 2.05) is 30.3 Å². The van der Waals surface area contributed by atoms with Gasteiger partial charge in [0.05, 0.1) is 0 Å². The predicted molar refractivity (Wildman–Crippen MR) is 90.2 cm³/mol. The summed E-state index contributed by atoms with van der Waals surface area (Å²) in [6.45, 7) is 0.525. The van der Waals surface area contributed by atoms with Crippen molar-refractivity contribution in [1.29, 1.82) is 0 Å². The van der Waals surface area contributed by atoms with Gasteiger partial charge < -0.3 is 15.6 Å². The SMILES string of the molecule is CN=C(C=CN)CCCNC(=O)c1cc(-c2ccccc2)no1. The average molecular weight is 312 g/mol. The summed E-state index contributed by atoms with van der Waals surface area (Å²) in [7, 11) is 1.72. The largest absolute Gasteiger partial charge is 0.405 e. The Morgan fingerprint density at radius 3 is 2.87 bits per heavy atom. The molecule has 0 unspecified atom stereocenters. The lowest BCUT2D eigenvalue weighted by Crippen LogP contribution is -2.24. The second-order valence-electron chi connectivity index (χ2n) is 4.88. The van der Waals surface area contributed by atoms with E-state index in [0.29, 0.717) is 12.2 Å². The van der Waals surface area contributed by atoms with Gasteiger partial charge in [-0.25, -0.2) is 0 Å². The summed E-state index contributed by atoms with van der Waals surface area (Å²) in [5.41, 5.74) is 7.78. The molecule has 2 rings (SSSR count). The van der Waals surface area contributed by atoms with Crippen molar-refractivity contribution in [1.82, 2.24) is 10.5 Å². The van der Waals surface area contributed by atoms with E-state index in [2.05, 4.69) is 15.5 Å². The maximum atomic E-state index is 12.0. The fourth-order valence-corrected chi connectivity index (χ4v) is 2.07. The zero-order valence-corrected chi connectivity index (χ0v) is 13.0. The van der Waals surface area contributed by atoms with E-state index in [1.165, 1.54) is 6.20 Å². The number of aliphatic imine (C=N–C) groups is 1. The predicted octanol–water partition coefficient (Wildman–Crippen LogP) is 2.39. The first kappa shape index (κ1) is 16.5. The van der Waals surface area contributed by atoms with Crippen molar-refractivity contribution >= 4 is 11.6 Å². The van der Waals surface area contributed by atoms with Crippen LogP contribution in [0.4, 0.5) is 0 Å². The molecule has 2 aromatic rings. The summed E-state index contributed by atoms with van der Waals surface area (Å²) in [6.07, 6.45) is 4.73. The van der Waals surface area contributed by atoms with Crippen LogP contribution in [0, 0.1) is 0 Å². The maximum Gasteiger partial charge on any atom is 0.289 e. The van der Waals surface area contributed by atoms with Crippen LogP contribution < -0.4 is 11.1 Å². The maximum absolute atomic E-state index is 12.0. The molecule has 0 saturated carbocycles. The number of amides is 1. The first-order chi connectivity index (χ1) is 11.2. The Bertz CT molecular complexity index is 690. The van der Waals surface area contributed by atoms with Crippen LogP contribution in [-0.4, -0.2) is 30.4 Å². The molecule has 0 radical (unpaired) electrons. The highest BCUT2D eigenvalue weighted by molar-refractivity contribution is 5.95. The molecule has 0 aliphatic carbocycles. The van der Waals surface area contributed by atoms with Gasteiger partial charge in [0.25, 0.3) is 5.91 Å². The Hall–Kier alpha value is -2.89. The molecule has 6 heteroatoms. The van der Waals surface area contributed by atoms with Gasteiger partial charge in [-0.3, -0.25) is 9.79 Å². The molecule has 6 nitrogen and oxygen atoms in total. The summed E-state index contributed by atoms with van der Waals surface area (Å²) in [5, 5.41) is 6.73. The fourth-order valence-electron chi connectivity index (χ4n) is 2.07. The number of benzene rings is 1. The van der Waals surface area contributed by atoms with Crippen LogP contribution in [0.2, 0.25) is 0 Å². The minimum Gasteiger partial charge on any atom is -0.405 e. The van der Waals surface area contributed by atoms with Crippen molar-refractivity contribution < 1.29 is 9.32 Å². The number of hydrogen-bond donors (Lipinski definition) is 2. The van der Waals surface area contributed by atoms with Gasteiger partial charge in [0, 0.05) is 30.9 Å². The normalized spacial score (nSPS) is 11.8. The van der Waals surface area contributed by atoms with Gasteiger partial charge in [0.1, 0.15) is 5.69 Å². The van der Waals surface area contributed by atoms with E-state index in [-0.39, 0.29) is 11.7 Å². The molecular formula is C17H20N4O2. The topological polar surface area (TPSA) is 93.5 Å². The minimum atomic E-state index is -0.274. The average Bonchev–Trinajstić information content (AvgIpc) is 3.08. The standard InChI is InChI=1S/C17H20N4O2/c1-19-14(9-10-18)8-5-11-20-17(22)16-12-15(21-23-16)13-6-3-2-4-7-13/h2-4,6-7,9-10,12H,5,8,11,18H2,1H3,(H,20,22). The van der Waals surface area contributed by atoms with Crippen LogP contribution in [0.1, 0.15) is 23.4 Å². The summed E-state index contributed by atoms with van der Waals surface area (Å²) < 4.78 is 5.11. The van der Waals surface area contributed by atoms with Crippen LogP contribution in [0.3, 0.4) is 0 Å². The van der Waals surface area contributed by atoms with E-state index in [4.69, 9.17) is 10.3 Å². The van der Waals surface area contributed by atoms with Crippen LogP contribution in [-0.2, 0) is 0 Å². The van der Waals surface area contributed by atoms with Gasteiger partial charge in [-0.15, -0.1) is 0 Å². The molecule has 0 aliphatic heterocycles. The van der Waals surface area contributed by atoms with Crippen LogP contribution in [0.25, 0.3) is 11.3 Å². The molecule has 0 saturated heterocycles. The Morgan fingerprint density at radius 2 is 2.17 bits per heavy atom. The van der Waals surface area contributed by atoms with E-state index in [0.717, 1.165) is 24.1 Å². The number of nitrogens with two attached hydrogens (primary N) is 1. The number of nitrogens with one attached hydrogen (secondary N) is 1. The second-order valence-corrected chi connectivity index (χ2v) is 4.88. The molecule has 1 heterocycles. The van der Waals surface area contributed by atoms with Gasteiger partial charge >= 0.3 is 0 Å². The number of allylic oxidation sites excluding steroid dienone is 1. The molecule has 0 atom stereocenters. The fraction of sp³-hybridized carbons (Fsp3) is 0.235. The molecule has 120 valence electrons. The second kappa shape index (κ2) is 8.53. The highest BCUT2D eigenvalue weighted by Gasteiger charge is 2.13. The third-order valence-corrected chi connectivity index (χ3v) is 3.27. The quantitative estimate of drug-likeness (QED) is 0.606. The molecule has 0 spiro atoms. The number of rotatable bonds is 7. The molecule has 0 aliphatic rings.